The number of nitrogens with zero attached hydrogens (tertiary/aromatic N) is 1. The smallest absolute Gasteiger partial charge is 0.408 e. The van der Waals surface area contributed by atoms with Gasteiger partial charge < -0.3 is 9.73 Å². The first-order valence-electron chi connectivity index (χ1n) is 7.86. The van der Waals surface area contributed by atoms with E-state index in [0.717, 1.165) is 11.1 Å². The third kappa shape index (κ3) is 3.52. The Morgan fingerprint density at radius 2 is 1.76 bits per heavy atom. The standard InChI is InChI=1S/C19H18N2O4/c1-11-6-12(2)8-15(7-11)20-18(23)10-21-16-5-4-14(13(3)22)9-17(16)25-19(21)24/h4-9H,10H2,1-3H3,(H,20,23). The van der Waals surface area contributed by atoms with Crippen LogP contribution < -0.4 is 11.1 Å². The van der Waals surface area contributed by atoms with Gasteiger partial charge in [-0.15, -0.1) is 0 Å². The number of fused-ring (bicyclic) bond motifs is 1. The van der Waals surface area contributed by atoms with E-state index >= 15 is 0 Å². The van der Waals surface area contributed by atoms with Crippen LogP contribution in [0.2, 0.25) is 0 Å². The highest BCUT2D eigenvalue weighted by atomic mass is 16.4. The Bertz CT molecular complexity index is 1020. The average Bonchev–Trinajstić information content (AvgIpc) is 2.81. The number of aryl methyl sites for hydroxylation is 2. The summed E-state index contributed by atoms with van der Waals surface area (Å²) in [6, 6.07) is 10.5. The van der Waals surface area contributed by atoms with Gasteiger partial charge in [0.15, 0.2) is 11.4 Å². The minimum atomic E-state index is -0.633. The molecule has 3 aromatic rings. The van der Waals surface area contributed by atoms with Crippen LogP contribution in [0.1, 0.15) is 28.4 Å². The van der Waals surface area contributed by atoms with Crippen LogP contribution in [0.3, 0.4) is 0 Å². The number of nitrogens with one attached hydrogen (secondary N) is 1. The molecule has 6 heteroatoms. The van der Waals surface area contributed by atoms with Gasteiger partial charge in [0.1, 0.15) is 6.54 Å². The van der Waals surface area contributed by atoms with Gasteiger partial charge in [0, 0.05) is 11.3 Å². The Kier molecular flexibility index (Phi) is 4.27. The van der Waals surface area contributed by atoms with E-state index in [9.17, 15) is 14.4 Å². The van der Waals surface area contributed by atoms with Crippen molar-refractivity contribution >= 4 is 28.5 Å². The molecule has 0 atom stereocenters. The lowest BCUT2D eigenvalue weighted by molar-refractivity contribution is -0.116. The molecule has 0 aliphatic heterocycles. The maximum atomic E-state index is 12.3. The maximum Gasteiger partial charge on any atom is 0.420 e. The van der Waals surface area contributed by atoms with Gasteiger partial charge in [-0.25, -0.2) is 4.79 Å². The summed E-state index contributed by atoms with van der Waals surface area (Å²) < 4.78 is 6.40. The number of Topliss-reactive ketones (excluding diaryl/α,β-unsaturated/α-hetero) is 1. The molecule has 128 valence electrons. The van der Waals surface area contributed by atoms with Crippen molar-refractivity contribution in [2.24, 2.45) is 0 Å². The molecular formula is C19H18N2O4. The summed E-state index contributed by atoms with van der Waals surface area (Å²) in [7, 11) is 0. The van der Waals surface area contributed by atoms with Crippen LogP contribution in [0.15, 0.2) is 45.6 Å². The summed E-state index contributed by atoms with van der Waals surface area (Å²) in [5.74, 6) is -1.08. The van der Waals surface area contributed by atoms with Crippen molar-refractivity contribution < 1.29 is 14.0 Å². The van der Waals surface area contributed by atoms with Gasteiger partial charge in [-0.3, -0.25) is 14.2 Å². The predicted octanol–water partition coefficient (Wildman–Crippen LogP) is 3.05. The zero-order valence-corrected chi connectivity index (χ0v) is 14.3. The lowest BCUT2D eigenvalue weighted by Gasteiger charge is -2.08. The molecule has 0 aliphatic carbocycles. The zero-order chi connectivity index (χ0) is 18.1. The van der Waals surface area contributed by atoms with E-state index in [1.807, 2.05) is 32.0 Å². The number of oxazole rings is 1. The third-order valence-corrected chi connectivity index (χ3v) is 3.88. The van der Waals surface area contributed by atoms with E-state index in [2.05, 4.69) is 5.32 Å². The van der Waals surface area contributed by atoms with Crippen molar-refractivity contribution in [3.8, 4) is 0 Å². The number of benzene rings is 2. The zero-order valence-electron chi connectivity index (χ0n) is 14.3. The third-order valence-electron chi connectivity index (χ3n) is 3.88. The number of carbonyl (C=O) groups excluding carboxylic acids is 2. The number of hydrogen-bond acceptors (Lipinski definition) is 4. The van der Waals surface area contributed by atoms with Gasteiger partial charge >= 0.3 is 5.76 Å². The Labute approximate surface area is 144 Å². The molecule has 6 nitrogen and oxygen atoms in total. The fourth-order valence-corrected chi connectivity index (χ4v) is 2.83. The largest absolute Gasteiger partial charge is 0.420 e. The molecule has 0 aliphatic rings. The summed E-state index contributed by atoms with van der Waals surface area (Å²) in [6.45, 7) is 5.17. The molecule has 1 amide bonds. The van der Waals surface area contributed by atoms with Crippen molar-refractivity contribution in [3.63, 3.8) is 0 Å². The van der Waals surface area contributed by atoms with E-state index in [1.165, 1.54) is 17.6 Å². The fourth-order valence-electron chi connectivity index (χ4n) is 2.83. The number of hydrogen-bond donors (Lipinski definition) is 1. The number of rotatable bonds is 4. The maximum absolute atomic E-state index is 12.3. The molecule has 1 heterocycles. The van der Waals surface area contributed by atoms with Crippen LogP contribution in [0, 0.1) is 13.8 Å². The van der Waals surface area contributed by atoms with Gasteiger partial charge in [-0.1, -0.05) is 6.07 Å². The minimum absolute atomic E-state index is 0.121. The van der Waals surface area contributed by atoms with Crippen molar-refractivity contribution in [3.05, 3.63) is 63.6 Å². The van der Waals surface area contributed by atoms with Crippen LogP contribution >= 0.6 is 0 Å². The number of aromatic nitrogens is 1. The average molecular weight is 338 g/mol. The first-order chi connectivity index (χ1) is 11.8. The SMILES string of the molecule is CC(=O)c1ccc2c(c1)oc(=O)n2CC(=O)Nc1cc(C)cc(C)c1. The number of anilines is 1. The van der Waals surface area contributed by atoms with E-state index in [4.69, 9.17) is 4.42 Å². The second-order valence-electron chi connectivity index (χ2n) is 6.12. The number of amides is 1. The number of ketones is 1. The minimum Gasteiger partial charge on any atom is -0.408 e. The summed E-state index contributed by atoms with van der Waals surface area (Å²) in [5.41, 5.74) is 3.98. The highest BCUT2D eigenvalue weighted by Crippen LogP contribution is 2.17. The quantitative estimate of drug-likeness (QED) is 0.741. The second-order valence-corrected chi connectivity index (χ2v) is 6.12. The topological polar surface area (TPSA) is 81.3 Å². The lowest BCUT2D eigenvalue weighted by atomic mass is 10.1. The lowest BCUT2D eigenvalue weighted by Crippen LogP contribution is -2.24. The Morgan fingerprint density at radius 1 is 1.08 bits per heavy atom. The molecule has 0 fully saturated rings. The van der Waals surface area contributed by atoms with Gasteiger partial charge in [0.25, 0.3) is 0 Å². The van der Waals surface area contributed by atoms with Gasteiger partial charge in [-0.2, -0.15) is 0 Å². The summed E-state index contributed by atoms with van der Waals surface area (Å²) in [6.07, 6.45) is 0. The Hall–Kier alpha value is -3.15. The monoisotopic (exact) mass is 338 g/mol. The molecule has 25 heavy (non-hydrogen) atoms. The first kappa shape index (κ1) is 16.7. The van der Waals surface area contributed by atoms with Crippen LogP contribution in [0.25, 0.3) is 11.1 Å². The molecule has 1 aromatic heterocycles. The van der Waals surface area contributed by atoms with Gasteiger partial charge in [0.2, 0.25) is 5.91 Å². The molecule has 3 rings (SSSR count). The van der Waals surface area contributed by atoms with Crippen molar-refractivity contribution in [1.29, 1.82) is 0 Å². The molecule has 0 saturated carbocycles. The summed E-state index contributed by atoms with van der Waals surface area (Å²) in [5, 5.41) is 2.79. The van der Waals surface area contributed by atoms with Crippen LogP contribution in [-0.2, 0) is 11.3 Å². The molecule has 2 aromatic carbocycles. The molecule has 0 radical (unpaired) electrons. The van der Waals surface area contributed by atoms with E-state index in [-0.39, 0.29) is 23.8 Å². The number of carbonyl (C=O) groups is 2. The molecule has 0 bridgehead atoms. The van der Waals surface area contributed by atoms with Crippen molar-refractivity contribution in [2.75, 3.05) is 5.32 Å². The molecule has 0 unspecified atom stereocenters. The van der Waals surface area contributed by atoms with Gasteiger partial charge in [0.05, 0.1) is 5.52 Å². The van der Waals surface area contributed by atoms with E-state index in [0.29, 0.717) is 16.8 Å². The molecular weight excluding hydrogens is 320 g/mol. The van der Waals surface area contributed by atoms with E-state index < -0.39 is 5.76 Å². The van der Waals surface area contributed by atoms with E-state index in [1.54, 1.807) is 12.1 Å². The summed E-state index contributed by atoms with van der Waals surface area (Å²) >= 11 is 0. The Balaban J connectivity index is 1.87. The normalized spacial score (nSPS) is 10.8. The Morgan fingerprint density at radius 3 is 2.40 bits per heavy atom. The van der Waals surface area contributed by atoms with Crippen LogP contribution in [0.5, 0.6) is 0 Å². The highest BCUT2D eigenvalue weighted by Gasteiger charge is 2.14. The molecule has 1 N–H and O–H groups in total. The second kappa shape index (κ2) is 6.39. The highest BCUT2D eigenvalue weighted by molar-refractivity contribution is 5.97. The molecule has 0 spiro atoms. The summed E-state index contributed by atoms with van der Waals surface area (Å²) in [4.78, 5) is 35.8. The van der Waals surface area contributed by atoms with Crippen LogP contribution in [-0.4, -0.2) is 16.3 Å². The van der Waals surface area contributed by atoms with Crippen molar-refractivity contribution in [2.45, 2.75) is 27.3 Å². The predicted molar refractivity (Wildman–Crippen MR) is 95.0 cm³/mol. The van der Waals surface area contributed by atoms with Crippen molar-refractivity contribution in [1.82, 2.24) is 4.57 Å². The molecule has 0 saturated heterocycles. The van der Waals surface area contributed by atoms with Crippen LogP contribution in [0.4, 0.5) is 5.69 Å². The first-order valence-corrected chi connectivity index (χ1v) is 7.86. The fraction of sp³-hybridized carbons (Fsp3) is 0.211. The van der Waals surface area contributed by atoms with Gasteiger partial charge in [-0.05, 0) is 62.2 Å².